The highest BCUT2D eigenvalue weighted by molar-refractivity contribution is 6.07. The van der Waals surface area contributed by atoms with E-state index in [1.54, 1.807) is 0 Å². The van der Waals surface area contributed by atoms with Crippen molar-refractivity contribution in [3.63, 3.8) is 0 Å². The fourth-order valence-electron chi connectivity index (χ4n) is 6.40. The zero-order valence-electron chi connectivity index (χ0n) is 27.3. The Morgan fingerprint density at radius 2 is 1.62 bits per heavy atom. The number of benzene rings is 2. The molecular formula is C36H53N5O4. The fraction of sp³-hybridized carbons (Fsp3) is 0.583. The average molecular weight is 620 g/mol. The first kappa shape index (κ1) is 34.6. The van der Waals surface area contributed by atoms with Crippen LogP contribution in [0.1, 0.15) is 65.2 Å². The maximum absolute atomic E-state index is 12.2. The third-order valence-electron chi connectivity index (χ3n) is 8.84. The van der Waals surface area contributed by atoms with Gasteiger partial charge < -0.3 is 30.9 Å². The summed E-state index contributed by atoms with van der Waals surface area (Å²) in [5, 5.41) is 6.29. The summed E-state index contributed by atoms with van der Waals surface area (Å²) in [6, 6.07) is 17.2. The van der Waals surface area contributed by atoms with Crippen LogP contribution in [0.2, 0.25) is 0 Å². The number of nitrogens with zero attached hydrogens (tertiary/aromatic N) is 2. The largest absolute Gasteiger partial charge is 0.446 e. The number of primary amides is 1. The minimum atomic E-state index is -0.695. The number of carbonyl (C=O) groups is 3. The summed E-state index contributed by atoms with van der Waals surface area (Å²) in [7, 11) is 0. The highest BCUT2D eigenvalue weighted by Gasteiger charge is 2.26. The van der Waals surface area contributed by atoms with E-state index in [9.17, 15) is 14.4 Å². The molecule has 45 heavy (non-hydrogen) atoms. The number of likely N-dealkylation sites (tertiary alicyclic amines) is 2. The topological polar surface area (TPSA) is 117 Å². The first-order chi connectivity index (χ1) is 21.8. The van der Waals surface area contributed by atoms with Gasteiger partial charge in [-0.25, -0.2) is 4.79 Å². The number of amides is 2. The van der Waals surface area contributed by atoms with Crippen LogP contribution in [0.4, 0.5) is 4.79 Å². The van der Waals surface area contributed by atoms with Crippen LogP contribution in [0.5, 0.6) is 0 Å². The third kappa shape index (κ3) is 11.9. The molecule has 0 aromatic heterocycles. The predicted molar refractivity (Wildman–Crippen MR) is 180 cm³/mol. The molecule has 2 amide bonds. The monoisotopic (exact) mass is 619 g/mol. The van der Waals surface area contributed by atoms with Crippen LogP contribution < -0.4 is 16.4 Å². The van der Waals surface area contributed by atoms with Crippen molar-refractivity contribution in [3.05, 3.63) is 48.5 Å². The molecule has 9 heteroatoms. The molecule has 4 N–H and O–H groups in total. The summed E-state index contributed by atoms with van der Waals surface area (Å²) in [5.74, 6) is 0.574. The van der Waals surface area contributed by atoms with Gasteiger partial charge in [-0.2, -0.15) is 0 Å². The van der Waals surface area contributed by atoms with E-state index >= 15 is 0 Å². The van der Waals surface area contributed by atoms with Gasteiger partial charge in [0.15, 0.2) is 0 Å². The molecule has 2 saturated heterocycles. The van der Waals surface area contributed by atoms with Gasteiger partial charge in [-0.15, -0.1) is 0 Å². The fourth-order valence-corrected chi connectivity index (χ4v) is 6.40. The van der Waals surface area contributed by atoms with Crippen molar-refractivity contribution in [2.75, 3.05) is 52.4 Å². The van der Waals surface area contributed by atoms with Gasteiger partial charge in [0, 0.05) is 45.2 Å². The van der Waals surface area contributed by atoms with Gasteiger partial charge in [-0.05, 0) is 87.7 Å². The van der Waals surface area contributed by atoms with Crippen molar-refractivity contribution in [1.82, 2.24) is 20.4 Å². The summed E-state index contributed by atoms with van der Waals surface area (Å²) in [6.45, 7) is 10.8. The second-order valence-corrected chi connectivity index (χ2v) is 12.9. The van der Waals surface area contributed by atoms with Crippen LogP contribution in [-0.2, 0) is 14.3 Å². The lowest BCUT2D eigenvalue weighted by Gasteiger charge is -2.32. The zero-order valence-corrected chi connectivity index (χ0v) is 27.3. The molecule has 2 heterocycles. The Morgan fingerprint density at radius 3 is 2.31 bits per heavy atom. The SMILES string of the molecule is CC(C)NC(=O)C1CCCN(CCCCCC(=O)CNCCN2CCC(OC(N)=O)CC2)C1.c1ccc(-c2c3cccc2-3)cc1. The Balaban J connectivity index is 0.000000313. The maximum atomic E-state index is 12.2. The van der Waals surface area contributed by atoms with Gasteiger partial charge in [0.2, 0.25) is 5.91 Å². The number of unbranched alkanes of at least 4 members (excludes halogenated alkanes) is 2. The lowest BCUT2D eigenvalue weighted by Crippen LogP contribution is -2.44. The van der Waals surface area contributed by atoms with E-state index in [1.807, 2.05) is 13.8 Å². The number of carbonyl (C=O) groups excluding carboxylic acids is 3. The summed E-state index contributed by atoms with van der Waals surface area (Å²) < 4.78 is 5.05. The van der Waals surface area contributed by atoms with Crippen molar-refractivity contribution in [1.29, 1.82) is 0 Å². The van der Waals surface area contributed by atoms with Crippen LogP contribution in [0.25, 0.3) is 22.3 Å². The molecular weight excluding hydrogens is 566 g/mol. The molecule has 246 valence electrons. The van der Waals surface area contributed by atoms with E-state index in [0.29, 0.717) is 13.0 Å². The average Bonchev–Trinajstić information content (AvgIpc) is 3.51. The van der Waals surface area contributed by atoms with Gasteiger partial charge in [-0.3, -0.25) is 9.59 Å². The molecule has 0 bridgehead atoms. The number of Topliss-reactive ketones (excluding diaryl/α,β-unsaturated/α-hetero) is 1. The van der Waals surface area contributed by atoms with Crippen LogP contribution in [0, 0.1) is 5.92 Å². The Bertz CT molecular complexity index is 1210. The lowest BCUT2D eigenvalue weighted by atomic mass is 9.96. The van der Waals surface area contributed by atoms with Gasteiger partial charge >= 0.3 is 6.09 Å². The predicted octanol–water partition coefficient (Wildman–Crippen LogP) is 4.84. The summed E-state index contributed by atoms with van der Waals surface area (Å²) in [4.78, 5) is 39.9. The molecule has 9 nitrogen and oxygen atoms in total. The first-order valence-electron chi connectivity index (χ1n) is 16.9. The van der Waals surface area contributed by atoms with E-state index in [-0.39, 0.29) is 29.8 Å². The molecule has 0 saturated carbocycles. The van der Waals surface area contributed by atoms with Crippen molar-refractivity contribution in [3.8, 4) is 22.3 Å². The van der Waals surface area contributed by atoms with Crippen LogP contribution in [-0.4, -0.2) is 92.1 Å². The minimum absolute atomic E-state index is 0.0611. The number of ketones is 1. The Hall–Kier alpha value is -3.27. The van der Waals surface area contributed by atoms with Crippen LogP contribution in [0.3, 0.4) is 0 Å². The van der Waals surface area contributed by atoms with E-state index in [1.165, 1.54) is 22.3 Å². The van der Waals surface area contributed by atoms with Crippen molar-refractivity contribution in [2.24, 2.45) is 11.7 Å². The van der Waals surface area contributed by atoms with Gasteiger partial charge in [-0.1, -0.05) is 55.0 Å². The molecule has 2 fully saturated rings. The van der Waals surface area contributed by atoms with E-state index in [4.69, 9.17) is 10.5 Å². The molecule has 2 aliphatic carbocycles. The number of rotatable bonds is 15. The quantitative estimate of drug-likeness (QED) is 0.209. The van der Waals surface area contributed by atoms with Crippen molar-refractivity contribution in [2.45, 2.75) is 77.4 Å². The number of piperidine rings is 2. The molecule has 5 rings (SSSR count). The third-order valence-corrected chi connectivity index (χ3v) is 8.84. The number of hydrogen-bond donors (Lipinski definition) is 3. The molecule has 0 spiro atoms. The molecule has 2 aliphatic heterocycles. The minimum Gasteiger partial charge on any atom is -0.446 e. The van der Waals surface area contributed by atoms with Gasteiger partial charge in [0.1, 0.15) is 11.9 Å². The zero-order chi connectivity index (χ0) is 32.0. The Labute approximate surface area is 269 Å². The van der Waals surface area contributed by atoms with E-state index in [2.05, 4.69) is 69.0 Å². The molecule has 1 aromatic rings. The maximum Gasteiger partial charge on any atom is 0.404 e. The summed E-state index contributed by atoms with van der Waals surface area (Å²) >= 11 is 0. The second-order valence-electron chi connectivity index (χ2n) is 12.9. The van der Waals surface area contributed by atoms with Crippen LogP contribution >= 0.6 is 0 Å². The number of hydrogen-bond acceptors (Lipinski definition) is 7. The van der Waals surface area contributed by atoms with Gasteiger partial charge in [0.25, 0.3) is 0 Å². The van der Waals surface area contributed by atoms with Gasteiger partial charge in [0.05, 0.1) is 12.5 Å². The van der Waals surface area contributed by atoms with E-state index in [0.717, 1.165) is 90.8 Å². The Morgan fingerprint density at radius 1 is 0.889 bits per heavy atom. The highest BCUT2D eigenvalue weighted by atomic mass is 16.6. The van der Waals surface area contributed by atoms with Crippen LogP contribution in [0.15, 0.2) is 48.5 Å². The van der Waals surface area contributed by atoms with Crippen molar-refractivity contribution >= 4 is 17.8 Å². The number of ether oxygens (including phenoxy) is 1. The molecule has 0 radical (unpaired) electrons. The van der Waals surface area contributed by atoms with E-state index < -0.39 is 6.09 Å². The molecule has 1 aromatic carbocycles. The Kier molecular flexibility index (Phi) is 13.9. The first-order valence-corrected chi connectivity index (χ1v) is 16.9. The lowest BCUT2D eigenvalue weighted by molar-refractivity contribution is -0.127. The number of fused-ring (bicyclic) bond motifs is 1. The smallest absolute Gasteiger partial charge is 0.404 e. The highest BCUT2D eigenvalue weighted by Crippen LogP contribution is 2.50. The second kappa shape index (κ2) is 18.0. The summed E-state index contributed by atoms with van der Waals surface area (Å²) in [5.41, 5.74) is 10.7. The normalized spacial score (nSPS) is 18.2. The van der Waals surface area contributed by atoms with Crippen molar-refractivity contribution < 1.29 is 19.1 Å². The molecule has 4 aliphatic rings. The number of nitrogens with one attached hydrogen (secondary N) is 2. The molecule has 1 atom stereocenters. The standard InChI is InChI=1S/C24H45N5O4.C12H8/c1-19(2)27-23(31)20-7-6-13-29(18-20)12-5-3-4-8-21(30)17-26-11-16-28-14-9-22(10-15-28)33-24(25)32;1-2-5-9(6-3-1)12-10-7-4-8-11(10)12/h19-20,22,26H,3-18H2,1-2H3,(H2,25,32)(H,27,31);1-8H. The molecule has 1 unspecified atom stereocenters. The summed E-state index contributed by atoms with van der Waals surface area (Å²) in [6.07, 6.45) is 6.62. The number of nitrogens with two attached hydrogens (primary N) is 1.